The number of anilines is 2. The zero-order chi connectivity index (χ0) is 18.9. The Bertz CT molecular complexity index is 1290. The maximum Gasteiger partial charge on any atom is 0.274 e. The first-order chi connectivity index (χ1) is 13.8. The quantitative estimate of drug-likeness (QED) is 0.450. The number of aromatic nitrogens is 5. The van der Waals surface area contributed by atoms with Crippen LogP contribution in [0.4, 0.5) is 11.6 Å². The summed E-state index contributed by atoms with van der Waals surface area (Å²) >= 11 is 0. The van der Waals surface area contributed by atoms with E-state index < -0.39 is 0 Å². The maximum absolute atomic E-state index is 12.8. The van der Waals surface area contributed by atoms with Crippen LogP contribution in [0, 0.1) is 0 Å². The summed E-state index contributed by atoms with van der Waals surface area (Å²) in [6, 6.07) is 23.1. The van der Waals surface area contributed by atoms with Crippen molar-refractivity contribution in [1.29, 1.82) is 0 Å². The summed E-state index contributed by atoms with van der Waals surface area (Å²) in [5.41, 5.74) is 4.03. The molecule has 0 saturated carbocycles. The molecule has 0 bridgehead atoms. The van der Waals surface area contributed by atoms with Crippen molar-refractivity contribution in [2.75, 3.05) is 5.32 Å². The molecule has 0 radical (unpaired) electrons. The average Bonchev–Trinajstić information content (AvgIpc) is 3.37. The highest BCUT2D eigenvalue weighted by molar-refractivity contribution is 5.90. The second-order valence-electron chi connectivity index (χ2n) is 6.33. The van der Waals surface area contributed by atoms with Crippen molar-refractivity contribution in [1.82, 2.24) is 24.8 Å². The molecule has 3 aromatic heterocycles. The Morgan fingerprint density at radius 1 is 0.893 bits per heavy atom. The highest BCUT2D eigenvalue weighted by atomic mass is 16.1. The predicted octanol–water partition coefficient (Wildman–Crippen LogP) is 3.82. The molecule has 7 heteroatoms. The minimum Gasteiger partial charge on any atom is -0.325 e. The van der Waals surface area contributed by atoms with E-state index in [9.17, 15) is 4.79 Å². The van der Waals surface area contributed by atoms with E-state index in [0.29, 0.717) is 17.3 Å². The zero-order valence-corrected chi connectivity index (χ0v) is 14.8. The van der Waals surface area contributed by atoms with Gasteiger partial charge in [0.05, 0.1) is 17.5 Å². The smallest absolute Gasteiger partial charge is 0.274 e. The largest absolute Gasteiger partial charge is 0.325 e. The molecule has 0 fully saturated rings. The lowest BCUT2D eigenvalue weighted by Crippen LogP contribution is -2.15. The SMILES string of the molecule is O=c1cc(Nc2ccn[nH]2)nc2c(-c3ccccc3)c(-c3ccccc3)[nH]n12. The lowest BCUT2D eigenvalue weighted by molar-refractivity contribution is 0.904. The lowest BCUT2D eigenvalue weighted by atomic mass is 10.0. The second-order valence-corrected chi connectivity index (χ2v) is 6.33. The second kappa shape index (κ2) is 6.55. The normalized spacial score (nSPS) is 11.0. The lowest BCUT2D eigenvalue weighted by Gasteiger charge is -2.05. The third kappa shape index (κ3) is 2.75. The van der Waals surface area contributed by atoms with Gasteiger partial charge in [0.15, 0.2) is 5.65 Å². The van der Waals surface area contributed by atoms with Gasteiger partial charge in [-0.3, -0.25) is 15.0 Å². The number of aromatic amines is 2. The minimum absolute atomic E-state index is 0.202. The standard InChI is InChI=1S/C21H16N6O/c28-18-13-17(23-16-11-12-22-25-16)24-21-19(14-7-3-1-4-8-14)20(26-27(18)21)15-9-5-2-6-10-15/h1-13,26H,(H2,22,23,25). The highest BCUT2D eigenvalue weighted by Crippen LogP contribution is 2.34. The fourth-order valence-electron chi connectivity index (χ4n) is 3.26. The molecule has 0 unspecified atom stereocenters. The van der Waals surface area contributed by atoms with Gasteiger partial charge in [-0.25, -0.2) is 9.50 Å². The van der Waals surface area contributed by atoms with Gasteiger partial charge < -0.3 is 5.32 Å². The highest BCUT2D eigenvalue weighted by Gasteiger charge is 2.18. The summed E-state index contributed by atoms with van der Waals surface area (Å²) < 4.78 is 1.48. The van der Waals surface area contributed by atoms with E-state index in [-0.39, 0.29) is 5.56 Å². The first-order valence-corrected chi connectivity index (χ1v) is 8.82. The molecule has 136 valence electrons. The molecule has 0 amide bonds. The number of nitrogens with zero attached hydrogens (tertiary/aromatic N) is 3. The van der Waals surface area contributed by atoms with E-state index in [4.69, 9.17) is 4.98 Å². The van der Waals surface area contributed by atoms with Crippen LogP contribution in [0.1, 0.15) is 0 Å². The topological polar surface area (TPSA) is 90.9 Å². The summed E-state index contributed by atoms with van der Waals surface area (Å²) in [5, 5.41) is 13.0. The number of hydrogen-bond donors (Lipinski definition) is 3. The van der Waals surface area contributed by atoms with E-state index in [1.807, 2.05) is 60.7 Å². The van der Waals surface area contributed by atoms with Gasteiger partial charge in [0.2, 0.25) is 0 Å². The van der Waals surface area contributed by atoms with Crippen LogP contribution in [0.25, 0.3) is 28.0 Å². The molecule has 5 rings (SSSR count). The molecule has 7 nitrogen and oxygen atoms in total. The summed E-state index contributed by atoms with van der Waals surface area (Å²) in [6.07, 6.45) is 1.63. The molecule has 0 aliphatic carbocycles. The van der Waals surface area contributed by atoms with Crippen molar-refractivity contribution in [3.8, 4) is 22.4 Å². The molecule has 5 aromatic rings. The van der Waals surface area contributed by atoms with Crippen LogP contribution >= 0.6 is 0 Å². The molecular formula is C21H16N6O. The van der Waals surface area contributed by atoms with Crippen LogP contribution in [0.2, 0.25) is 0 Å². The van der Waals surface area contributed by atoms with Gasteiger partial charge in [-0.15, -0.1) is 0 Å². The van der Waals surface area contributed by atoms with Gasteiger partial charge in [0, 0.05) is 17.7 Å². The van der Waals surface area contributed by atoms with E-state index in [1.165, 1.54) is 10.6 Å². The molecule has 3 N–H and O–H groups in total. The fraction of sp³-hybridized carbons (Fsp3) is 0. The Morgan fingerprint density at radius 2 is 1.61 bits per heavy atom. The third-order valence-corrected chi connectivity index (χ3v) is 4.50. The molecule has 2 aromatic carbocycles. The first kappa shape index (κ1) is 16.1. The number of rotatable bonds is 4. The Hall–Kier alpha value is -4.13. The summed E-state index contributed by atoms with van der Waals surface area (Å²) in [7, 11) is 0. The average molecular weight is 368 g/mol. The number of H-pyrrole nitrogens is 2. The molecule has 0 saturated heterocycles. The van der Waals surface area contributed by atoms with Crippen LogP contribution in [0.15, 0.2) is 83.8 Å². The molecular weight excluding hydrogens is 352 g/mol. The van der Waals surface area contributed by atoms with E-state index in [2.05, 4.69) is 20.6 Å². The molecule has 0 aliphatic heterocycles. The number of benzene rings is 2. The molecule has 0 aliphatic rings. The zero-order valence-electron chi connectivity index (χ0n) is 14.8. The van der Waals surface area contributed by atoms with E-state index >= 15 is 0 Å². The van der Waals surface area contributed by atoms with Crippen LogP contribution in [-0.2, 0) is 0 Å². The monoisotopic (exact) mass is 368 g/mol. The van der Waals surface area contributed by atoms with Crippen LogP contribution in [-0.4, -0.2) is 24.8 Å². The van der Waals surface area contributed by atoms with Gasteiger partial charge in [0.25, 0.3) is 5.56 Å². The van der Waals surface area contributed by atoms with Crippen molar-refractivity contribution in [3.05, 3.63) is 89.3 Å². The van der Waals surface area contributed by atoms with Crippen molar-refractivity contribution in [2.24, 2.45) is 0 Å². The van der Waals surface area contributed by atoms with Crippen molar-refractivity contribution in [2.45, 2.75) is 0 Å². The Balaban J connectivity index is 1.78. The summed E-state index contributed by atoms with van der Waals surface area (Å²) in [4.78, 5) is 17.5. The van der Waals surface area contributed by atoms with Crippen LogP contribution in [0.3, 0.4) is 0 Å². The Morgan fingerprint density at radius 3 is 2.29 bits per heavy atom. The van der Waals surface area contributed by atoms with Gasteiger partial charge in [-0.1, -0.05) is 60.7 Å². The van der Waals surface area contributed by atoms with Gasteiger partial charge in [-0.2, -0.15) is 5.10 Å². The first-order valence-electron chi connectivity index (χ1n) is 8.82. The Labute approximate surface area is 159 Å². The van der Waals surface area contributed by atoms with Crippen LogP contribution in [0.5, 0.6) is 0 Å². The third-order valence-electron chi connectivity index (χ3n) is 4.50. The van der Waals surface area contributed by atoms with Crippen molar-refractivity contribution in [3.63, 3.8) is 0 Å². The molecule has 3 heterocycles. The predicted molar refractivity (Wildman–Crippen MR) is 109 cm³/mol. The van der Waals surface area contributed by atoms with Gasteiger partial charge in [-0.05, 0) is 5.56 Å². The van der Waals surface area contributed by atoms with Crippen molar-refractivity contribution >= 4 is 17.3 Å². The van der Waals surface area contributed by atoms with Gasteiger partial charge in [0.1, 0.15) is 11.6 Å². The van der Waals surface area contributed by atoms with E-state index in [0.717, 1.165) is 22.4 Å². The number of fused-ring (bicyclic) bond motifs is 1. The van der Waals surface area contributed by atoms with Crippen LogP contribution < -0.4 is 10.9 Å². The molecule has 0 spiro atoms. The number of hydrogen-bond acceptors (Lipinski definition) is 4. The summed E-state index contributed by atoms with van der Waals surface area (Å²) in [6.45, 7) is 0. The molecule has 28 heavy (non-hydrogen) atoms. The fourth-order valence-corrected chi connectivity index (χ4v) is 3.26. The minimum atomic E-state index is -0.202. The maximum atomic E-state index is 12.8. The summed E-state index contributed by atoms with van der Waals surface area (Å²) in [5.74, 6) is 1.11. The Kier molecular flexibility index (Phi) is 3.76. The molecule has 0 atom stereocenters. The number of nitrogens with one attached hydrogen (secondary N) is 3. The van der Waals surface area contributed by atoms with Gasteiger partial charge >= 0.3 is 0 Å². The van der Waals surface area contributed by atoms with E-state index in [1.54, 1.807) is 12.3 Å². The van der Waals surface area contributed by atoms with Crippen molar-refractivity contribution < 1.29 is 0 Å².